The van der Waals surface area contributed by atoms with E-state index < -0.39 is 0 Å². The molecule has 0 N–H and O–H groups in total. The van der Waals surface area contributed by atoms with Gasteiger partial charge in [-0.3, -0.25) is 0 Å². The SMILES string of the molecule is COc1cccc(OC(C)C)c1-c1ccc2nc3cc(-c4c(OC)cccc4OC(C)C)cc(C)c3nc2c1. The summed E-state index contributed by atoms with van der Waals surface area (Å²) in [4.78, 5) is 10.1. The fourth-order valence-electron chi connectivity index (χ4n) is 4.88. The third-order valence-electron chi connectivity index (χ3n) is 6.45. The maximum atomic E-state index is 6.14. The Kier molecular flexibility index (Phi) is 7.29. The summed E-state index contributed by atoms with van der Waals surface area (Å²) in [5.74, 6) is 3.05. The van der Waals surface area contributed by atoms with Crippen LogP contribution >= 0.6 is 0 Å². The first-order valence-corrected chi connectivity index (χ1v) is 13.2. The van der Waals surface area contributed by atoms with E-state index >= 15 is 0 Å². The van der Waals surface area contributed by atoms with Crippen LogP contribution < -0.4 is 18.9 Å². The summed E-state index contributed by atoms with van der Waals surface area (Å²) in [6.07, 6.45) is 0.0663. The highest BCUT2D eigenvalue weighted by molar-refractivity contribution is 5.94. The van der Waals surface area contributed by atoms with Gasteiger partial charge in [0.1, 0.15) is 23.0 Å². The van der Waals surface area contributed by atoms with Crippen molar-refractivity contribution in [1.29, 1.82) is 0 Å². The van der Waals surface area contributed by atoms with Gasteiger partial charge in [0.15, 0.2) is 0 Å². The van der Waals surface area contributed by atoms with Crippen molar-refractivity contribution in [2.45, 2.75) is 46.8 Å². The highest BCUT2D eigenvalue weighted by atomic mass is 16.5. The fraction of sp³-hybridized carbons (Fsp3) is 0.273. The van der Waals surface area contributed by atoms with E-state index in [1.165, 1.54) is 0 Å². The molecule has 5 rings (SSSR count). The van der Waals surface area contributed by atoms with Crippen LogP contribution in [0.25, 0.3) is 44.3 Å². The Hall–Kier alpha value is -4.32. The largest absolute Gasteiger partial charge is 0.496 e. The van der Waals surface area contributed by atoms with Gasteiger partial charge < -0.3 is 18.9 Å². The van der Waals surface area contributed by atoms with Crippen molar-refractivity contribution in [3.05, 3.63) is 72.3 Å². The summed E-state index contributed by atoms with van der Waals surface area (Å²) in [6.45, 7) is 10.1. The number of aryl methyl sites for hydroxylation is 1. The van der Waals surface area contributed by atoms with Crippen LogP contribution in [0.15, 0.2) is 66.7 Å². The lowest BCUT2D eigenvalue weighted by Gasteiger charge is -2.18. The summed E-state index contributed by atoms with van der Waals surface area (Å²) >= 11 is 0. The molecule has 0 saturated heterocycles. The third-order valence-corrected chi connectivity index (χ3v) is 6.45. The first kappa shape index (κ1) is 26.3. The van der Waals surface area contributed by atoms with Crippen molar-refractivity contribution >= 4 is 22.1 Å². The summed E-state index contributed by atoms with van der Waals surface area (Å²) < 4.78 is 23.7. The quantitative estimate of drug-likeness (QED) is 0.192. The molecule has 0 aliphatic carbocycles. The van der Waals surface area contributed by atoms with Crippen LogP contribution in [-0.4, -0.2) is 36.4 Å². The van der Waals surface area contributed by atoms with E-state index in [0.717, 1.165) is 72.9 Å². The van der Waals surface area contributed by atoms with Gasteiger partial charge in [-0.25, -0.2) is 9.97 Å². The average Bonchev–Trinajstić information content (AvgIpc) is 2.91. The highest BCUT2D eigenvalue weighted by Crippen LogP contribution is 2.42. The lowest BCUT2D eigenvalue weighted by Crippen LogP contribution is -2.07. The Morgan fingerprint density at radius 3 is 1.67 bits per heavy atom. The molecular formula is C33H34N2O4. The van der Waals surface area contributed by atoms with E-state index in [1.54, 1.807) is 14.2 Å². The van der Waals surface area contributed by atoms with E-state index in [1.807, 2.05) is 76.2 Å². The molecule has 0 fully saturated rings. The van der Waals surface area contributed by atoms with E-state index in [2.05, 4.69) is 25.1 Å². The Bertz CT molecular complexity index is 1660. The van der Waals surface area contributed by atoms with Gasteiger partial charge in [0.05, 0.1) is 59.6 Å². The zero-order valence-corrected chi connectivity index (χ0v) is 23.5. The predicted molar refractivity (Wildman–Crippen MR) is 157 cm³/mol. The van der Waals surface area contributed by atoms with Crippen LogP contribution in [0.3, 0.4) is 0 Å². The summed E-state index contributed by atoms with van der Waals surface area (Å²) in [7, 11) is 3.35. The molecule has 1 heterocycles. The molecule has 0 radical (unpaired) electrons. The topological polar surface area (TPSA) is 62.7 Å². The summed E-state index contributed by atoms with van der Waals surface area (Å²) in [6, 6.07) is 22.0. The molecule has 6 nitrogen and oxygen atoms in total. The zero-order valence-electron chi connectivity index (χ0n) is 23.5. The summed E-state index contributed by atoms with van der Waals surface area (Å²) in [5.41, 5.74) is 8.04. The monoisotopic (exact) mass is 522 g/mol. The molecule has 0 unspecified atom stereocenters. The number of ether oxygens (including phenoxy) is 4. The van der Waals surface area contributed by atoms with Gasteiger partial charge in [-0.05, 0) is 99.8 Å². The van der Waals surface area contributed by atoms with Crippen LogP contribution in [0.1, 0.15) is 33.3 Å². The van der Waals surface area contributed by atoms with Crippen molar-refractivity contribution in [1.82, 2.24) is 9.97 Å². The number of methoxy groups -OCH3 is 2. The number of benzene rings is 4. The number of hydrogen-bond acceptors (Lipinski definition) is 6. The maximum Gasteiger partial charge on any atom is 0.131 e. The second-order valence-corrected chi connectivity index (χ2v) is 10.1. The van der Waals surface area contributed by atoms with Crippen LogP contribution in [0, 0.1) is 6.92 Å². The Labute approximate surface area is 229 Å². The molecule has 39 heavy (non-hydrogen) atoms. The van der Waals surface area contributed by atoms with Gasteiger partial charge in [-0.15, -0.1) is 0 Å². The average molecular weight is 523 g/mol. The van der Waals surface area contributed by atoms with E-state index in [0.29, 0.717) is 0 Å². The van der Waals surface area contributed by atoms with Crippen LogP contribution in [0.4, 0.5) is 0 Å². The maximum absolute atomic E-state index is 6.14. The molecule has 0 amide bonds. The molecule has 0 saturated carbocycles. The molecule has 4 aromatic carbocycles. The van der Waals surface area contributed by atoms with Crippen molar-refractivity contribution < 1.29 is 18.9 Å². The first-order chi connectivity index (χ1) is 18.8. The van der Waals surface area contributed by atoms with Gasteiger partial charge >= 0.3 is 0 Å². The third kappa shape index (κ3) is 5.19. The Morgan fingerprint density at radius 1 is 0.564 bits per heavy atom. The van der Waals surface area contributed by atoms with Crippen molar-refractivity contribution in [3.63, 3.8) is 0 Å². The molecular weight excluding hydrogens is 488 g/mol. The molecule has 0 atom stereocenters. The van der Waals surface area contributed by atoms with Gasteiger partial charge in [-0.1, -0.05) is 18.2 Å². The number of nitrogens with zero attached hydrogens (tertiary/aromatic N) is 2. The van der Waals surface area contributed by atoms with Gasteiger partial charge in [0.2, 0.25) is 0 Å². The number of rotatable bonds is 8. The van der Waals surface area contributed by atoms with Crippen LogP contribution in [-0.2, 0) is 0 Å². The van der Waals surface area contributed by atoms with Crippen LogP contribution in [0.5, 0.6) is 23.0 Å². The molecule has 5 aromatic rings. The molecule has 6 heteroatoms. The van der Waals surface area contributed by atoms with Crippen LogP contribution in [0.2, 0.25) is 0 Å². The van der Waals surface area contributed by atoms with Gasteiger partial charge in [0.25, 0.3) is 0 Å². The number of hydrogen-bond donors (Lipinski definition) is 0. The second-order valence-electron chi connectivity index (χ2n) is 10.1. The normalized spacial score (nSPS) is 11.4. The molecule has 0 aliphatic heterocycles. The van der Waals surface area contributed by atoms with Crippen molar-refractivity contribution in [2.24, 2.45) is 0 Å². The van der Waals surface area contributed by atoms with E-state index in [4.69, 9.17) is 28.9 Å². The molecule has 0 aliphatic rings. The van der Waals surface area contributed by atoms with Gasteiger partial charge in [-0.2, -0.15) is 0 Å². The smallest absolute Gasteiger partial charge is 0.131 e. The highest BCUT2D eigenvalue weighted by Gasteiger charge is 2.18. The first-order valence-electron chi connectivity index (χ1n) is 13.2. The zero-order chi connectivity index (χ0) is 27.7. The van der Waals surface area contributed by atoms with Gasteiger partial charge in [0, 0.05) is 0 Å². The van der Waals surface area contributed by atoms with E-state index in [9.17, 15) is 0 Å². The fourth-order valence-corrected chi connectivity index (χ4v) is 4.88. The minimum Gasteiger partial charge on any atom is -0.496 e. The number of aromatic nitrogens is 2. The lowest BCUT2D eigenvalue weighted by atomic mass is 9.99. The molecule has 0 bridgehead atoms. The number of fused-ring (bicyclic) bond motifs is 2. The second kappa shape index (κ2) is 10.8. The van der Waals surface area contributed by atoms with Crippen molar-refractivity contribution in [3.8, 4) is 45.3 Å². The van der Waals surface area contributed by atoms with Crippen molar-refractivity contribution in [2.75, 3.05) is 14.2 Å². The Morgan fingerprint density at radius 2 is 1.10 bits per heavy atom. The minimum absolute atomic E-state index is 0.0324. The summed E-state index contributed by atoms with van der Waals surface area (Å²) in [5, 5.41) is 0. The Balaban J connectivity index is 1.66. The minimum atomic E-state index is 0.0324. The molecule has 0 spiro atoms. The molecule has 1 aromatic heterocycles. The lowest BCUT2D eigenvalue weighted by molar-refractivity contribution is 0.242. The standard InChI is InChI=1S/C33H34N2O4/c1-19(2)38-29-12-8-10-27(36-6)31(29)22-14-15-24-25(17-22)35-33-21(5)16-23(18-26(33)34-24)32-28(37-7)11-9-13-30(32)39-20(3)4/h8-20H,1-7H3. The van der Waals surface area contributed by atoms with E-state index in [-0.39, 0.29) is 12.2 Å². The predicted octanol–water partition coefficient (Wildman–Crippen LogP) is 8.02. The molecule has 200 valence electrons.